The monoisotopic (exact) mass is 348 g/mol. The maximum atomic E-state index is 12.0. The number of benzene rings is 1. The number of methoxy groups -OCH3 is 1. The minimum atomic E-state index is -0.149. The van der Waals surface area contributed by atoms with Gasteiger partial charge in [0.05, 0.1) is 17.9 Å². The molecule has 0 aliphatic rings. The lowest BCUT2D eigenvalue weighted by molar-refractivity contribution is -0.113. The van der Waals surface area contributed by atoms with Gasteiger partial charge < -0.3 is 10.1 Å². The SMILES string of the molecule is COc1ccc(NC(=O)CSc2nnc3ccccn23)cc1Cl. The lowest BCUT2D eigenvalue weighted by Gasteiger charge is -2.07. The van der Waals surface area contributed by atoms with E-state index in [2.05, 4.69) is 15.5 Å². The predicted molar refractivity (Wildman–Crippen MR) is 90.3 cm³/mol. The topological polar surface area (TPSA) is 68.5 Å². The molecule has 3 aromatic rings. The summed E-state index contributed by atoms with van der Waals surface area (Å²) in [5, 5.41) is 12.0. The van der Waals surface area contributed by atoms with E-state index in [9.17, 15) is 4.79 Å². The van der Waals surface area contributed by atoms with Crippen molar-refractivity contribution in [2.24, 2.45) is 0 Å². The van der Waals surface area contributed by atoms with Crippen LogP contribution in [0, 0.1) is 0 Å². The van der Waals surface area contributed by atoms with Gasteiger partial charge in [0, 0.05) is 11.9 Å². The quantitative estimate of drug-likeness (QED) is 0.717. The number of aromatic nitrogens is 3. The molecule has 3 rings (SSSR count). The minimum absolute atomic E-state index is 0.149. The zero-order valence-corrected chi connectivity index (χ0v) is 13.8. The maximum absolute atomic E-state index is 12.0. The van der Waals surface area contributed by atoms with Gasteiger partial charge in [0.1, 0.15) is 5.75 Å². The molecule has 2 heterocycles. The highest BCUT2D eigenvalue weighted by Crippen LogP contribution is 2.27. The van der Waals surface area contributed by atoms with E-state index in [1.165, 1.54) is 11.8 Å². The first-order valence-electron chi connectivity index (χ1n) is 6.73. The van der Waals surface area contributed by atoms with Crippen LogP contribution in [0.15, 0.2) is 47.8 Å². The molecule has 0 fully saturated rings. The van der Waals surface area contributed by atoms with Crippen molar-refractivity contribution in [1.82, 2.24) is 14.6 Å². The van der Waals surface area contributed by atoms with Crippen molar-refractivity contribution in [2.75, 3.05) is 18.2 Å². The van der Waals surface area contributed by atoms with Gasteiger partial charge in [0.25, 0.3) is 0 Å². The van der Waals surface area contributed by atoms with Crippen LogP contribution >= 0.6 is 23.4 Å². The lowest BCUT2D eigenvalue weighted by Crippen LogP contribution is -2.14. The number of ether oxygens (including phenoxy) is 1. The molecule has 1 amide bonds. The molecule has 23 heavy (non-hydrogen) atoms. The van der Waals surface area contributed by atoms with Crippen molar-refractivity contribution in [1.29, 1.82) is 0 Å². The molecule has 0 radical (unpaired) electrons. The van der Waals surface area contributed by atoms with E-state index < -0.39 is 0 Å². The Kier molecular flexibility index (Phi) is 4.68. The first-order valence-corrected chi connectivity index (χ1v) is 8.09. The summed E-state index contributed by atoms with van der Waals surface area (Å²) in [6.45, 7) is 0. The number of anilines is 1. The number of nitrogens with one attached hydrogen (secondary N) is 1. The summed E-state index contributed by atoms with van der Waals surface area (Å²) in [6, 6.07) is 10.7. The van der Waals surface area contributed by atoms with Crippen LogP contribution < -0.4 is 10.1 Å². The summed E-state index contributed by atoms with van der Waals surface area (Å²) in [5.41, 5.74) is 1.37. The van der Waals surface area contributed by atoms with Gasteiger partial charge in [-0.05, 0) is 30.3 Å². The Labute approximate surface area is 141 Å². The molecule has 6 nitrogen and oxygen atoms in total. The van der Waals surface area contributed by atoms with Crippen LogP contribution in [0.1, 0.15) is 0 Å². The second kappa shape index (κ2) is 6.89. The Bertz CT molecular complexity index is 852. The Balaban J connectivity index is 1.62. The number of fused-ring (bicyclic) bond motifs is 1. The van der Waals surface area contributed by atoms with Gasteiger partial charge in [-0.1, -0.05) is 29.4 Å². The highest BCUT2D eigenvalue weighted by molar-refractivity contribution is 7.99. The van der Waals surface area contributed by atoms with Gasteiger partial charge in [-0.3, -0.25) is 9.20 Å². The Morgan fingerprint density at radius 1 is 1.35 bits per heavy atom. The third kappa shape index (κ3) is 3.57. The van der Waals surface area contributed by atoms with Gasteiger partial charge in [-0.25, -0.2) is 0 Å². The molecule has 0 saturated heterocycles. The van der Waals surface area contributed by atoms with Gasteiger partial charge in [-0.2, -0.15) is 0 Å². The van der Waals surface area contributed by atoms with Crippen LogP contribution in [0.25, 0.3) is 5.65 Å². The van der Waals surface area contributed by atoms with Crippen LogP contribution in [0.3, 0.4) is 0 Å². The molecule has 0 bridgehead atoms. The molecule has 8 heteroatoms. The number of thioether (sulfide) groups is 1. The predicted octanol–water partition coefficient (Wildman–Crippen LogP) is 3.12. The number of halogens is 1. The largest absolute Gasteiger partial charge is 0.495 e. The number of rotatable bonds is 5. The Hall–Kier alpha value is -2.25. The number of carbonyl (C=O) groups is 1. The van der Waals surface area contributed by atoms with Crippen molar-refractivity contribution in [2.45, 2.75) is 5.16 Å². The fourth-order valence-electron chi connectivity index (χ4n) is 1.99. The zero-order valence-electron chi connectivity index (χ0n) is 12.2. The molecular formula is C15H13ClN4O2S. The lowest BCUT2D eigenvalue weighted by atomic mass is 10.3. The van der Waals surface area contributed by atoms with Crippen molar-refractivity contribution in [3.63, 3.8) is 0 Å². The zero-order chi connectivity index (χ0) is 16.2. The van der Waals surface area contributed by atoms with E-state index in [0.29, 0.717) is 21.6 Å². The molecule has 0 aliphatic carbocycles. The molecular weight excluding hydrogens is 336 g/mol. The van der Waals surface area contributed by atoms with Gasteiger partial charge >= 0.3 is 0 Å². The van der Waals surface area contributed by atoms with Crippen molar-refractivity contribution < 1.29 is 9.53 Å². The van der Waals surface area contributed by atoms with E-state index in [4.69, 9.17) is 16.3 Å². The van der Waals surface area contributed by atoms with Gasteiger partial charge in [-0.15, -0.1) is 10.2 Å². The van der Waals surface area contributed by atoms with E-state index in [1.807, 2.05) is 28.8 Å². The number of carbonyl (C=O) groups excluding carboxylic acids is 1. The number of pyridine rings is 1. The third-order valence-electron chi connectivity index (χ3n) is 3.05. The van der Waals surface area contributed by atoms with Gasteiger partial charge in [0.15, 0.2) is 10.8 Å². The fourth-order valence-corrected chi connectivity index (χ4v) is 2.97. The summed E-state index contributed by atoms with van der Waals surface area (Å²) >= 11 is 7.35. The minimum Gasteiger partial charge on any atom is -0.495 e. The van der Waals surface area contributed by atoms with Crippen LogP contribution in [0.4, 0.5) is 5.69 Å². The average molecular weight is 349 g/mol. The van der Waals surface area contributed by atoms with Crippen LogP contribution in [0.5, 0.6) is 5.75 Å². The molecule has 0 unspecified atom stereocenters. The fraction of sp³-hybridized carbons (Fsp3) is 0.133. The summed E-state index contributed by atoms with van der Waals surface area (Å²) in [4.78, 5) is 12.0. The first-order chi connectivity index (χ1) is 11.2. The summed E-state index contributed by atoms with van der Waals surface area (Å²) in [6.07, 6.45) is 1.86. The summed E-state index contributed by atoms with van der Waals surface area (Å²) in [5.74, 6) is 0.636. The Morgan fingerprint density at radius 3 is 3.00 bits per heavy atom. The summed E-state index contributed by atoms with van der Waals surface area (Å²) in [7, 11) is 1.54. The molecule has 0 saturated carbocycles. The molecule has 1 N–H and O–H groups in total. The van der Waals surface area contributed by atoms with E-state index in [-0.39, 0.29) is 11.7 Å². The van der Waals surface area contributed by atoms with Crippen molar-refractivity contribution in [3.05, 3.63) is 47.6 Å². The standard InChI is InChI=1S/C15H13ClN4O2S/c1-22-12-6-5-10(8-11(12)16)17-14(21)9-23-15-19-18-13-4-2-3-7-20(13)15/h2-8H,9H2,1H3,(H,17,21). The van der Waals surface area contributed by atoms with Crippen molar-refractivity contribution >= 4 is 40.6 Å². The van der Waals surface area contributed by atoms with Gasteiger partial charge in [0.2, 0.25) is 5.91 Å². The van der Waals surface area contributed by atoms with E-state index >= 15 is 0 Å². The Morgan fingerprint density at radius 2 is 2.22 bits per heavy atom. The normalized spacial score (nSPS) is 10.7. The number of amides is 1. The van der Waals surface area contributed by atoms with Crippen LogP contribution in [-0.4, -0.2) is 33.4 Å². The third-order valence-corrected chi connectivity index (χ3v) is 4.29. The first kappa shape index (κ1) is 15.6. The van der Waals surface area contributed by atoms with E-state index in [1.54, 1.807) is 25.3 Å². The van der Waals surface area contributed by atoms with E-state index in [0.717, 1.165) is 5.65 Å². The highest BCUT2D eigenvalue weighted by atomic mass is 35.5. The second-order valence-corrected chi connectivity index (χ2v) is 5.95. The number of nitrogens with zero attached hydrogens (tertiary/aromatic N) is 3. The second-order valence-electron chi connectivity index (χ2n) is 4.60. The maximum Gasteiger partial charge on any atom is 0.234 e. The van der Waals surface area contributed by atoms with Crippen molar-refractivity contribution in [3.8, 4) is 5.75 Å². The molecule has 0 aliphatic heterocycles. The molecule has 1 aromatic carbocycles. The van der Waals surface area contributed by atoms with Crippen LogP contribution in [-0.2, 0) is 4.79 Å². The molecule has 0 atom stereocenters. The number of hydrogen-bond donors (Lipinski definition) is 1. The summed E-state index contributed by atoms with van der Waals surface area (Å²) < 4.78 is 6.91. The molecule has 0 spiro atoms. The molecule has 2 aromatic heterocycles. The van der Waals surface area contributed by atoms with Crippen LogP contribution in [0.2, 0.25) is 5.02 Å². The molecule has 118 valence electrons. The average Bonchev–Trinajstić information content (AvgIpc) is 2.96. The smallest absolute Gasteiger partial charge is 0.234 e. The number of hydrogen-bond acceptors (Lipinski definition) is 5. The highest BCUT2D eigenvalue weighted by Gasteiger charge is 2.10.